The van der Waals surface area contributed by atoms with Gasteiger partial charge in [-0.1, -0.05) is 72.8 Å². The molecule has 0 unspecified atom stereocenters. The van der Waals surface area contributed by atoms with E-state index in [1.165, 1.54) is 37.7 Å². The zero-order valence-electron chi connectivity index (χ0n) is 19.7. The topological polar surface area (TPSA) is 43.6 Å². The highest BCUT2D eigenvalue weighted by atomic mass is 15.1. The molecule has 0 radical (unpaired) electrons. The van der Waals surface area contributed by atoms with Gasteiger partial charge < -0.3 is 0 Å². The van der Waals surface area contributed by atoms with E-state index >= 15 is 0 Å². The summed E-state index contributed by atoms with van der Waals surface area (Å²) in [6.07, 6.45) is 1.92. The molecule has 0 aliphatic rings. The van der Waals surface area contributed by atoms with Gasteiger partial charge in [-0.05, 0) is 41.1 Å². The summed E-state index contributed by atoms with van der Waals surface area (Å²) >= 11 is 0. The molecule has 0 aliphatic carbocycles. The Bertz CT molecular complexity index is 2300. The van der Waals surface area contributed by atoms with Gasteiger partial charge in [-0.15, -0.1) is 0 Å². The zero-order valence-corrected chi connectivity index (χ0v) is 19.7. The quantitative estimate of drug-likeness (QED) is 0.189. The van der Waals surface area contributed by atoms with E-state index in [1.807, 2.05) is 36.5 Å². The number of pyridine rings is 1. The Hall–Kier alpha value is -5.09. The summed E-state index contributed by atoms with van der Waals surface area (Å²) in [6, 6.07) is 36.0. The number of benzene rings is 6. The lowest BCUT2D eigenvalue weighted by Gasteiger charge is -2.14. The van der Waals surface area contributed by atoms with E-state index in [4.69, 9.17) is 15.0 Å². The second-order valence-electron chi connectivity index (χ2n) is 9.67. The molecule has 0 saturated carbocycles. The first-order valence-corrected chi connectivity index (χ1v) is 12.5. The molecule has 0 spiro atoms. The Morgan fingerprint density at radius 2 is 1.24 bits per heavy atom. The minimum Gasteiger partial charge on any atom is -0.292 e. The lowest BCUT2D eigenvalue weighted by Crippen LogP contribution is -2.03. The Morgan fingerprint density at radius 3 is 2.11 bits per heavy atom. The second kappa shape index (κ2) is 6.77. The summed E-state index contributed by atoms with van der Waals surface area (Å²) in [6.45, 7) is 0. The van der Waals surface area contributed by atoms with E-state index in [0.29, 0.717) is 0 Å². The molecule has 37 heavy (non-hydrogen) atoms. The molecular weight excluding hydrogens is 452 g/mol. The maximum absolute atomic E-state index is 5.25. The Morgan fingerprint density at radius 1 is 0.514 bits per heavy atom. The van der Waals surface area contributed by atoms with Crippen LogP contribution in [0.15, 0.2) is 109 Å². The fourth-order valence-electron chi connectivity index (χ4n) is 6.20. The van der Waals surface area contributed by atoms with Gasteiger partial charge >= 0.3 is 0 Å². The van der Waals surface area contributed by atoms with Gasteiger partial charge in [-0.3, -0.25) is 9.55 Å². The van der Waals surface area contributed by atoms with E-state index in [9.17, 15) is 0 Å². The first-order valence-electron chi connectivity index (χ1n) is 12.5. The van der Waals surface area contributed by atoms with Crippen molar-refractivity contribution in [2.24, 2.45) is 0 Å². The molecule has 9 rings (SSSR count). The van der Waals surface area contributed by atoms with E-state index in [-0.39, 0.29) is 0 Å². The van der Waals surface area contributed by atoms with Gasteiger partial charge in [0.05, 0.1) is 27.6 Å². The number of hydrogen-bond donors (Lipinski definition) is 0. The van der Waals surface area contributed by atoms with Crippen LogP contribution in [0.1, 0.15) is 0 Å². The molecule has 0 amide bonds. The van der Waals surface area contributed by atoms with Gasteiger partial charge in [0.25, 0.3) is 0 Å². The van der Waals surface area contributed by atoms with Crippen molar-refractivity contribution in [2.45, 2.75) is 0 Å². The first kappa shape index (κ1) is 19.1. The monoisotopic (exact) mass is 470 g/mol. The highest BCUT2D eigenvalue weighted by Gasteiger charge is 2.24. The van der Waals surface area contributed by atoms with Crippen molar-refractivity contribution in [2.75, 3.05) is 0 Å². The van der Waals surface area contributed by atoms with E-state index in [2.05, 4.69) is 77.4 Å². The predicted octanol–water partition coefficient (Wildman–Crippen LogP) is 8.12. The summed E-state index contributed by atoms with van der Waals surface area (Å²) in [5.74, 6) is 0.840. The standard InChI is InChI=1S/C33H18N4/c1-2-7-21(8-3-1)31-33(36-24-11-5-4-10-23(24)35-31)37-25-12-6-9-22-29(25)30-26(37)16-15-19-13-14-20-17-18-34-32(22)28(20)27(19)30/h1-18H. The van der Waals surface area contributed by atoms with Gasteiger partial charge in [0, 0.05) is 38.7 Å². The Kier molecular flexibility index (Phi) is 3.50. The maximum atomic E-state index is 5.25. The summed E-state index contributed by atoms with van der Waals surface area (Å²) in [7, 11) is 0. The lowest BCUT2D eigenvalue weighted by atomic mass is 9.92. The van der Waals surface area contributed by atoms with E-state index < -0.39 is 0 Å². The SMILES string of the molecule is c1ccc(-c2nc3ccccc3nc2-n2c3cccc4c5nccc6ccc7ccc2c(c7c65)c43)cc1. The van der Waals surface area contributed by atoms with E-state index in [1.54, 1.807) is 0 Å². The fourth-order valence-corrected chi connectivity index (χ4v) is 6.20. The van der Waals surface area contributed by atoms with Gasteiger partial charge in [0.15, 0.2) is 5.82 Å². The van der Waals surface area contributed by atoms with Gasteiger partial charge in [0.2, 0.25) is 0 Å². The number of rotatable bonds is 2. The Balaban J connectivity index is 1.55. The van der Waals surface area contributed by atoms with Crippen LogP contribution < -0.4 is 0 Å². The van der Waals surface area contributed by atoms with Crippen LogP contribution in [0.5, 0.6) is 0 Å². The number of hydrogen-bond acceptors (Lipinski definition) is 3. The van der Waals surface area contributed by atoms with Crippen LogP contribution in [0.3, 0.4) is 0 Å². The summed E-state index contributed by atoms with van der Waals surface area (Å²) < 4.78 is 2.31. The average molecular weight is 471 g/mol. The van der Waals surface area contributed by atoms with Crippen LogP contribution >= 0.6 is 0 Å². The fraction of sp³-hybridized carbons (Fsp3) is 0. The molecule has 6 aromatic carbocycles. The van der Waals surface area contributed by atoms with Crippen molar-refractivity contribution in [3.05, 3.63) is 109 Å². The molecule has 0 saturated heterocycles. The van der Waals surface area contributed by atoms with Crippen LogP contribution in [0.25, 0.3) is 82.4 Å². The number of fused-ring (bicyclic) bond motifs is 2. The molecule has 0 atom stereocenters. The van der Waals surface area contributed by atoms with Crippen molar-refractivity contribution < 1.29 is 0 Å². The first-order chi connectivity index (χ1) is 18.4. The summed E-state index contributed by atoms with van der Waals surface area (Å²) in [4.78, 5) is 15.3. The molecule has 170 valence electrons. The molecular formula is C33H18N4. The minimum atomic E-state index is 0.840. The van der Waals surface area contributed by atoms with Gasteiger partial charge in [-0.25, -0.2) is 9.97 Å². The zero-order chi connectivity index (χ0) is 24.1. The maximum Gasteiger partial charge on any atom is 0.165 e. The molecule has 0 bridgehead atoms. The number of para-hydroxylation sites is 2. The third kappa shape index (κ3) is 2.39. The average Bonchev–Trinajstić information content (AvgIpc) is 3.31. The number of nitrogens with zero attached hydrogens (tertiary/aromatic N) is 4. The molecule has 4 heteroatoms. The molecule has 9 aromatic rings. The second-order valence-corrected chi connectivity index (χ2v) is 9.67. The largest absolute Gasteiger partial charge is 0.292 e. The van der Waals surface area contributed by atoms with Crippen LogP contribution in [0.2, 0.25) is 0 Å². The van der Waals surface area contributed by atoms with Crippen LogP contribution in [0, 0.1) is 0 Å². The summed E-state index contributed by atoms with van der Waals surface area (Å²) in [5, 5.41) is 8.63. The minimum absolute atomic E-state index is 0.840. The predicted molar refractivity (Wildman–Crippen MR) is 152 cm³/mol. The molecule has 3 aromatic heterocycles. The van der Waals surface area contributed by atoms with Crippen LogP contribution in [0.4, 0.5) is 0 Å². The molecule has 0 N–H and O–H groups in total. The highest BCUT2D eigenvalue weighted by molar-refractivity contribution is 6.39. The van der Waals surface area contributed by atoms with Crippen molar-refractivity contribution in [3.63, 3.8) is 0 Å². The summed E-state index contributed by atoms with van der Waals surface area (Å²) in [5.41, 5.74) is 7.00. The van der Waals surface area contributed by atoms with Crippen LogP contribution in [-0.2, 0) is 0 Å². The third-order valence-corrected chi connectivity index (χ3v) is 7.73. The van der Waals surface area contributed by atoms with Gasteiger partial charge in [0.1, 0.15) is 5.69 Å². The van der Waals surface area contributed by atoms with Crippen molar-refractivity contribution in [1.82, 2.24) is 19.5 Å². The normalized spacial score (nSPS) is 12.3. The molecule has 0 aliphatic heterocycles. The van der Waals surface area contributed by atoms with Gasteiger partial charge in [-0.2, -0.15) is 0 Å². The molecule has 4 nitrogen and oxygen atoms in total. The highest BCUT2D eigenvalue weighted by Crippen LogP contribution is 2.46. The van der Waals surface area contributed by atoms with Crippen molar-refractivity contribution >= 4 is 65.3 Å². The van der Waals surface area contributed by atoms with E-state index in [0.717, 1.165) is 44.7 Å². The lowest BCUT2D eigenvalue weighted by molar-refractivity contribution is 1.08. The van der Waals surface area contributed by atoms with Crippen molar-refractivity contribution in [1.29, 1.82) is 0 Å². The smallest absolute Gasteiger partial charge is 0.165 e. The molecule has 0 fully saturated rings. The number of aromatic nitrogens is 4. The molecule has 3 heterocycles. The third-order valence-electron chi connectivity index (χ3n) is 7.73. The van der Waals surface area contributed by atoms with Crippen molar-refractivity contribution in [3.8, 4) is 17.1 Å². The van der Waals surface area contributed by atoms with Crippen LogP contribution in [-0.4, -0.2) is 19.5 Å². The Labute approximate surface area is 211 Å².